The van der Waals surface area contributed by atoms with Gasteiger partial charge in [-0.05, 0) is 43.0 Å². The van der Waals surface area contributed by atoms with Crippen LogP contribution in [0.1, 0.15) is 38.7 Å². The molecule has 2 unspecified atom stereocenters. The molecule has 0 bridgehead atoms. The van der Waals surface area contributed by atoms with Crippen LogP contribution >= 0.6 is 0 Å². The van der Waals surface area contributed by atoms with Crippen LogP contribution in [0.2, 0.25) is 0 Å². The average Bonchev–Trinajstić information content (AvgIpc) is 2.49. The molecule has 4 nitrogen and oxygen atoms in total. The highest BCUT2D eigenvalue weighted by molar-refractivity contribution is 5.88. The van der Waals surface area contributed by atoms with Crippen LogP contribution in [0.25, 0.3) is 0 Å². The number of nitrogens with zero attached hydrogens (tertiary/aromatic N) is 1. The summed E-state index contributed by atoms with van der Waals surface area (Å²) in [7, 11) is 0. The molecule has 2 atom stereocenters. The van der Waals surface area contributed by atoms with Gasteiger partial charge in [0.05, 0.1) is 0 Å². The Morgan fingerprint density at radius 1 is 1.38 bits per heavy atom. The standard InChI is InChI=1S/C17H27N3O/c1-3-14-8-9-20(17(10-14)11-18)12-15-4-6-16(7-5-15)19-13(2)21/h4-7,14,17H,3,8-12,18H2,1-2H3,(H,19,21). The Labute approximate surface area is 127 Å². The summed E-state index contributed by atoms with van der Waals surface area (Å²) in [6, 6.07) is 8.61. The van der Waals surface area contributed by atoms with E-state index in [2.05, 4.69) is 29.3 Å². The minimum atomic E-state index is -0.0346. The van der Waals surface area contributed by atoms with Gasteiger partial charge in [-0.25, -0.2) is 0 Å². The number of carbonyl (C=O) groups excluding carboxylic acids is 1. The zero-order chi connectivity index (χ0) is 15.2. The lowest BCUT2D eigenvalue weighted by Crippen LogP contribution is -2.45. The molecule has 1 aliphatic heterocycles. The smallest absolute Gasteiger partial charge is 0.221 e. The molecule has 1 saturated heterocycles. The zero-order valence-electron chi connectivity index (χ0n) is 13.1. The number of likely N-dealkylation sites (tertiary alicyclic amines) is 1. The van der Waals surface area contributed by atoms with Crippen molar-refractivity contribution in [2.45, 2.75) is 45.7 Å². The lowest BCUT2D eigenvalue weighted by Gasteiger charge is -2.39. The first kappa shape index (κ1) is 16.0. The van der Waals surface area contributed by atoms with Gasteiger partial charge in [0.1, 0.15) is 0 Å². The number of rotatable bonds is 5. The molecule has 4 heteroatoms. The van der Waals surface area contributed by atoms with Crippen molar-refractivity contribution in [3.05, 3.63) is 29.8 Å². The lowest BCUT2D eigenvalue weighted by atomic mass is 9.88. The van der Waals surface area contributed by atoms with Gasteiger partial charge in [0, 0.05) is 31.7 Å². The Morgan fingerprint density at radius 2 is 2.10 bits per heavy atom. The van der Waals surface area contributed by atoms with Gasteiger partial charge in [-0.3, -0.25) is 9.69 Å². The van der Waals surface area contributed by atoms with Crippen molar-refractivity contribution in [3.8, 4) is 0 Å². The highest BCUT2D eigenvalue weighted by Crippen LogP contribution is 2.26. The highest BCUT2D eigenvalue weighted by Gasteiger charge is 2.26. The van der Waals surface area contributed by atoms with Crippen LogP contribution < -0.4 is 11.1 Å². The second-order valence-electron chi connectivity index (χ2n) is 6.04. The number of hydrogen-bond donors (Lipinski definition) is 2. The van der Waals surface area contributed by atoms with E-state index in [1.165, 1.54) is 31.7 Å². The number of benzene rings is 1. The van der Waals surface area contributed by atoms with Gasteiger partial charge in [0.2, 0.25) is 5.91 Å². The van der Waals surface area contributed by atoms with Gasteiger partial charge in [-0.15, -0.1) is 0 Å². The summed E-state index contributed by atoms with van der Waals surface area (Å²) in [5, 5.41) is 2.80. The summed E-state index contributed by atoms with van der Waals surface area (Å²) in [5.74, 6) is 0.796. The van der Waals surface area contributed by atoms with Crippen molar-refractivity contribution in [1.82, 2.24) is 4.90 Å². The summed E-state index contributed by atoms with van der Waals surface area (Å²) >= 11 is 0. The van der Waals surface area contributed by atoms with Gasteiger partial charge in [-0.2, -0.15) is 0 Å². The molecule has 1 aromatic carbocycles. The van der Waals surface area contributed by atoms with E-state index in [0.29, 0.717) is 6.04 Å². The van der Waals surface area contributed by atoms with Crippen LogP contribution in [0.3, 0.4) is 0 Å². The van der Waals surface area contributed by atoms with E-state index >= 15 is 0 Å². The maximum atomic E-state index is 11.0. The van der Waals surface area contributed by atoms with Gasteiger partial charge < -0.3 is 11.1 Å². The van der Waals surface area contributed by atoms with E-state index in [1.807, 2.05) is 12.1 Å². The van der Waals surface area contributed by atoms with Crippen molar-refractivity contribution >= 4 is 11.6 Å². The van der Waals surface area contributed by atoms with Crippen LogP contribution in [0.4, 0.5) is 5.69 Å². The number of hydrogen-bond acceptors (Lipinski definition) is 3. The maximum absolute atomic E-state index is 11.0. The van der Waals surface area contributed by atoms with Crippen molar-refractivity contribution in [2.75, 3.05) is 18.4 Å². The molecule has 1 heterocycles. The number of carbonyl (C=O) groups is 1. The van der Waals surface area contributed by atoms with Crippen LogP contribution in [0, 0.1) is 5.92 Å². The largest absolute Gasteiger partial charge is 0.329 e. The molecule has 0 aromatic heterocycles. The molecule has 2 rings (SSSR count). The van der Waals surface area contributed by atoms with Crippen molar-refractivity contribution in [1.29, 1.82) is 0 Å². The molecule has 1 aromatic rings. The molecular weight excluding hydrogens is 262 g/mol. The van der Waals surface area contributed by atoms with Crippen LogP contribution in [-0.4, -0.2) is 29.9 Å². The fourth-order valence-corrected chi connectivity index (χ4v) is 3.14. The number of nitrogens with two attached hydrogens (primary N) is 1. The first-order valence-electron chi connectivity index (χ1n) is 7.93. The Balaban J connectivity index is 1.95. The lowest BCUT2D eigenvalue weighted by molar-refractivity contribution is -0.114. The monoisotopic (exact) mass is 289 g/mol. The number of anilines is 1. The van der Waals surface area contributed by atoms with Crippen LogP contribution in [-0.2, 0) is 11.3 Å². The quantitative estimate of drug-likeness (QED) is 0.876. The predicted octanol–water partition coefficient (Wildman–Crippen LogP) is 2.59. The van der Waals surface area contributed by atoms with E-state index in [9.17, 15) is 4.79 Å². The van der Waals surface area contributed by atoms with Gasteiger partial charge in [0.25, 0.3) is 0 Å². The molecule has 0 saturated carbocycles. The van der Waals surface area contributed by atoms with Gasteiger partial charge in [-0.1, -0.05) is 25.5 Å². The van der Waals surface area contributed by atoms with Gasteiger partial charge >= 0.3 is 0 Å². The third kappa shape index (κ3) is 4.55. The minimum Gasteiger partial charge on any atom is -0.329 e. The number of piperidine rings is 1. The molecular formula is C17H27N3O. The maximum Gasteiger partial charge on any atom is 0.221 e. The highest BCUT2D eigenvalue weighted by atomic mass is 16.1. The normalized spacial score (nSPS) is 23.0. The Bertz CT molecular complexity index is 458. The van der Waals surface area contributed by atoms with E-state index in [1.54, 1.807) is 0 Å². The number of amides is 1. The molecule has 116 valence electrons. The van der Waals surface area contributed by atoms with Crippen molar-refractivity contribution in [2.24, 2.45) is 11.7 Å². The first-order chi connectivity index (χ1) is 10.1. The topological polar surface area (TPSA) is 58.4 Å². The first-order valence-corrected chi connectivity index (χ1v) is 7.93. The second-order valence-corrected chi connectivity index (χ2v) is 6.04. The molecule has 0 radical (unpaired) electrons. The molecule has 21 heavy (non-hydrogen) atoms. The summed E-state index contributed by atoms with van der Waals surface area (Å²) < 4.78 is 0. The molecule has 0 spiro atoms. The average molecular weight is 289 g/mol. The molecule has 3 N–H and O–H groups in total. The molecule has 1 fully saturated rings. The molecule has 1 aliphatic rings. The van der Waals surface area contributed by atoms with Crippen LogP contribution in [0.5, 0.6) is 0 Å². The Hall–Kier alpha value is -1.39. The van der Waals surface area contributed by atoms with E-state index in [4.69, 9.17) is 5.73 Å². The van der Waals surface area contributed by atoms with E-state index in [-0.39, 0.29) is 5.91 Å². The third-order valence-corrected chi connectivity index (χ3v) is 4.46. The van der Waals surface area contributed by atoms with Crippen LogP contribution in [0.15, 0.2) is 24.3 Å². The molecule has 0 aliphatic carbocycles. The summed E-state index contributed by atoms with van der Waals surface area (Å²) in [6.07, 6.45) is 3.75. The third-order valence-electron chi connectivity index (χ3n) is 4.46. The summed E-state index contributed by atoms with van der Waals surface area (Å²) in [5.41, 5.74) is 8.08. The Morgan fingerprint density at radius 3 is 2.67 bits per heavy atom. The fraction of sp³-hybridized carbons (Fsp3) is 0.588. The predicted molar refractivity (Wildman–Crippen MR) is 87.0 cm³/mol. The zero-order valence-corrected chi connectivity index (χ0v) is 13.1. The van der Waals surface area contributed by atoms with Crippen molar-refractivity contribution < 1.29 is 4.79 Å². The summed E-state index contributed by atoms with van der Waals surface area (Å²) in [4.78, 5) is 13.5. The molecule has 1 amide bonds. The SMILES string of the molecule is CCC1CCN(Cc2ccc(NC(C)=O)cc2)C(CN)C1. The van der Waals surface area contributed by atoms with E-state index in [0.717, 1.165) is 31.2 Å². The number of nitrogens with one attached hydrogen (secondary N) is 1. The van der Waals surface area contributed by atoms with E-state index < -0.39 is 0 Å². The summed E-state index contributed by atoms with van der Waals surface area (Å²) in [6.45, 7) is 6.61. The minimum absolute atomic E-state index is 0.0346. The fourth-order valence-electron chi connectivity index (χ4n) is 3.14. The van der Waals surface area contributed by atoms with Gasteiger partial charge in [0.15, 0.2) is 0 Å². The Kier molecular flexibility index (Phi) is 5.76. The second kappa shape index (κ2) is 7.57. The van der Waals surface area contributed by atoms with Crippen molar-refractivity contribution in [3.63, 3.8) is 0 Å².